The van der Waals surface area contributed by atoms with Crippen molar-refractivity contribution in [3.63, 3.8) is 0 Å². The molecule has 0 aliphatic carbocycles. The number of aryl methyl sites for hydroxylation is 1. The highest BCUT2D eigenvalue weighted by atomic mass is 19.1. The van der Waals surface area contributed by atoms with Crippen LogP contribution < -0.4 is 0 Å². The SMILES string of the molecule is CC(=O)C=Cc1ccc(F)cc1C. The minimum Gasteiger partial charge on any atom is -0.295 e. The summed E-state index contributed by atoms with van der Waals surface area (Å²) in [6, 6.07) is 4.48. The van der Waals surface area contributed by atoms with Crippen LogP contribution in [0.2, 0.25) is 0 Å². The molecule has 0 aromatic heterocycles. The molecule has 68 valence electrons. The van der Waals surface area contributed by atoms with Gasteiger partial charge in [-0.1, -0.05) is 12.1 Å². The van der Waals surface area contributed by atoms with E-state index in [2.05, 4.69) is 0 Å². The molecule has 0 amide bonds. The Morgan fingerprint density at radius 1 is 1.46 bits per heavy atom. The Labute approximate surface area is 76.9 Å². The Balaban J connectivity index is 2.96. The van der Waals surface area contributed by atoms with Crippen molar-refractivity contribution in [2.75, 3.05) is 0 Å². The van der Waals surface area contributed by atoms with Crippen molar-refractivity contribution < 1.29 is 9.18 Å². The van der Waals surface area contributed by atoms with Gasteiger partial charge in [-0.2, -0.15) is 0 Å². The van der Waals surface area contributed by atoms with Crippen LogP contribution in [0.15, 0.2) is 24.3 Å². The summed E-state index contributed by atoms with van der Waals surface area (Å²) in [7, 11) is 0. The summed E-state index contributed by atoms with van der Waals surface area (Å²) in [5.74, 6) is -0.263. The van der Waals surface area contributed by atoms with E-state index in [1.54, 1.807) is 12.1 Å². The summed E-state index contributed by atoms with van der Waals surface area (Å²) >= 11 is 0. The standard InChI is InChI=1S/C11H11FO/c1-8-7-11(12)6-5-10(8)4-3-9(2)13/h3-7H,1-2H3. The summed E-state index contributed by atoms with van der Waals surface area (Å²) in [5.41, 5.74) is 1.70. The molecule has 1 nitrogen and oxygen atoms in total. The van der Waals surface area contributed by atoms with Crippen LogP contribution in [0, 0.1) is 12.7 Å². The summed E-state index contributed by atoms with van der Waals surface area (Å²) in [4.78, 5) is 10.6. The number of carbonyl (C=O) groups is 1. The Morgan fingerprint density at radius 3 is 2.69 bits per heavy atom. The smallest absolute Gasteiger partial charge is 0.152 e. The fourth-order valence-electron chi connectivity index (χ4n) is 1.03. The minimum atomic E-state index is -0.252. The summed E-state index contributed by atoms with van der Waals surface area (Å²) in [6.07, 6.45) is 3.16. The van der Waals surface area contributed by atoms with Crippen molar-refractivity contribution in [1.82, 2.24) is 0 Å². The van der Waals surface area contributed by atoms with Crippen LogP contribution in [0.1, 0.15) is 18.1 Å². The van der Waals surface area contributed by atoms with Gasteiger partial charge in [0.25, 0.3) is 0 Å². The zero-order valence-corrected chi connectivity index (χ0v) is 7.67. The Kier molecular flexibility index (Phi) is 2.96. The number of halogens is 1. The van der Waals surface area contributed by atoms with Crippen molar-refractivity contribution in [3.05, 3.63) is 41.2 Å². The first kappa shape index (κ1) is 9.65. The fraction of sp³-hybridized carbons (Fsp3) is 0.182. The topological polar surface area (TPSA) is 17.1 Å². The molecule has 0 aliphatic heterocycles. The third-order valence-electron chi connectivity index (χ3n) is 1.73. The molecule has 0 radical (unpaired) electrons. The molecule has 0 atom stereocenters. The first-order valence-corrected chi connectivity index (χ1v) is 4.04. The van der Waals surface area contributed by atoms with Crippen molar-refractivity contribution in [2.24, 2.45) is 0 Å². The van der Waals surface area contributed by atoms with Crippen LogP contribution in [0.3, 0.4) is 0 Å². The number of hydrogen-bond donors (Lipinski definition) is 0. The average Bonchev–Trinajstić information content (AvgIpc) is 2.02. The van der Waals surface area contributed by atoms with E-state index in [4.69, 9.17) is 0 Å². The van der Waals surface area contributed by atoms with Crippen molar-refractivity contribution >= 4 is 11.9 Å². The van der Waals surface area contributed by atoms with Crippen molar-refractivity contribution in [3.8, 4) is 0 Å². The predicted molar refractivity (Wildman–Crippen MR) is 50.9 cm³/mol. The maximum atomic E-state index is 12.7. The van der Waals surface area contributed by atoms with E-state index in [-0.39, 0.29) is 11.6 Å². The molecule has 1 aromatic carbocycles. The van der Waals surface area contributed by atoms with Gasteiger partial charge in [-0.05, 0) is 43.2 Å². The molecule has 0 saturated carbocycles. The molecule has 1 aromatic rings. The summed E-state index contributed by atoms with van der Waals surface area (Å²) in [6.45, 7) is 3.29. The van der Waals surface area contributed by atoms with Gasteiger partial charge in [-0.15, -0.1) is 0 Å². The molecule has 0 spiro atoms. The van der Waals surface area contributed by atoms with E-state index in [0.29, 0.717) is 0 Å². The molecule has 0 bridgehead atoms. The Morgan fingerprint density at radius 2 is 2.15 bits per heavy atom. The van der Waals surface area contributed by atoms with Gasteiger partial charge in [0.05, 0.1) is 0 Å². The Hall–Kier alpha value is -1.44. The first-order valence-electron chi connectivity index (χ1n) is 4.04. The van der Waals surface area contributed by atoms with Gasteiger partial charge in [0, 0.05) is 0 Å². The third kappa shape index (κ3) is 2.82. The third-order valence-corrected chi connectivity index (χ3v) is 1.73. The predicted octanol–water partition coefficient (Wildman–Crippen LogP) is 2.74. The summed E-state index contributed by atoms with van der Waals surface area (Å²) in [5, 5.41) is 0. The maximum absolute atomic E-state index is 12.7. The molecular weight excluding hydrogens is 167 g/mol. The van der Waals surface area contributed by atoms with E-state index < -0.39 is 0 Å². The van der Waals surface area contributed by atoms with Crippen LogP contribution in [0.25, 0.3) is 6.08 Å². The van der Waals surface area contributed by atoms with Gasteiger partial charge in [0.1, 0.15) is 5.82 Å². The lowest BCUT2D eigenvalue weighted by Crippen LogP contribution is -1.85. The second-order valence-electron chi connectivity index (χ2n) is 2.94. The van der Waals surface area contributed by atoms with Gasteiger partial charge >= 0.3 is 0 Å². The molecule has 13 heavy (non-hydrogen) atoms. The summed E-state index contributed by atoms with van der Waals surface area (Å²) < 4.78 is 12.7. The van der Waals surface area contributed by atoms with Gasteiger partial charge in [-0.25, -0.2) is 4.39 Å². The van der Waals surface area contributed by atoms with E-state index in [1.165, 1.54) is 25.1 Å². The zero-order valence-electron chi connectivity index (χ0n) is 7.67. The second kappa shape index (κ2) is 3.99. The number of allylic oxidation sites excluding steroid dienone is 1. The molecule has 0 N–H and O–H groups in total. The van der Waals surface area contributed by atoms with E-state index >= 15 is 0 Å². The number of benzene rings is 1. The van der Waals surface area contributed by atoms with Crippen LogP contribution >= 0.6 is 0 Å². The Bertz CT molecular complexity index is 353. The van der Waals surface area contributed by atoms with Crippen LogP contribution in [0.4, 0.5) is 4.39 Å². The number of hydrogen-bond acceptors (Lipinski definition) is 1. The lowest BCUT2D eigenvalue weighted by atomic mass is 10.1. The van der Waals surface area contributed by atoms with E-state index in [1.807, 2.05) is 6.92 Å². The fourth-order valence-corrected chi connectivity index (χ4v) is 1.03. The van der Waals surface area contributed by atoms with Gasteiger partial charge < -0.3 is 0 Å². The average molecular weight is 178 g/mol. The highest BCUT2D eigenvalue weighted by molar-refractivity contribution is 5.91. The molecule has 0 saturated heterocycles. The van der Waals surface area contributed by atoms with E-state index in [9.17, 15) is 9.18 Å². The molecule has 0 fully saturated rings. The molecular formula is C11H11FO. The number of carbonyl (C=O) groups excluding carboxylic acids is 1. The van der Waals surface area contributed by atoms with Crippen LogP contribution in [-0.4, -0.2) is 5.78 Å². The first-order chi connectivity index (χ1) is 6.09. The molecule has 1 rings (SSSR count). The largest absolute Gasteiger partial charge is 0.295 e. The van der Waals surface area contributed by atoms with E-state index in [0.717, 1.165) is 11.1 Å². The van der Waals surface area contributed by atoms with Gasteiger partial charge in [0.2, 0.25) is 0 Å². The van der Waals surface area contributed by atoms with Crippen LogP contribution in [-0.2, 0) is 4.79 Å². The molecule has 0 unspecified atom stereocenters. The number of rotatable bonds is 2. The zero-order chi connectivity index (χ0) is 9.84. The highest BCUT2D eigenvalue weighted by Crippen LogP contribution is 2.11. The maximum Gasteiger partial charge on any atom is 0.152 e. The lowest BCUT2D eigenvalue weighted by Gasteiger charge is -1.98. The normalized spacial score (nSPS) is 10.7. The highest BCUT2D eigenvalue weighted by Gasteiger charge is 1.95. The van der Waals surface area contributed by atoms with Gasteiger partial charge in [0.15, 0.2) is 5.78 Å². The molecule has 2 heteroatoms. The number of ketones is 1. The van der Waals surface area contributed by atoms with Gasteiger partial charge in [-0.3, -0.25) is 4.79 Å². The second-order valence-corrected chi connectivity index (χ2v) is 2.94. The minimum absolute atomic E-state index is 0.0104. The lowest BCUT2D eigenvalue weighted by molar-refractivity contribution is -0.112. The van der Waals surface area contributed by atoms with Crippen molar-refractivity contribution in [1.29, 1.82) is 0 Å². The monoisotopic (exact) mass is 178 g/mol. The van der Waals surface area contributed by atoms with Crippen LogP contribution in [0.5, 0.6) is 0 Å². The molecule has 0 heterocycles. The van der Waals surface area contributed by atoms with Crippen molar-refractivity contribution in [2.45, 2.75) is 13.8 Å². The quantitative estimate of drug-likeness (QED) is 0.636. The molecule has 0 aliphatic rings.